The van der Waals surface area contributed by atoms with Crippen LogP contribution in [0.25, 0.3) is 0 Å². The third-order valence-corrected chi connectivity index (χ3v) is 5.19. The summed E-state index contributed by atoms with van der Waals surface area (Å²) in [6.45, 7) is 10.9. The summed E-state index contributed by atoms with van der Waals surface area (Å²) in [6.07, 6.45) is 0. The predicted octanol–water partition coefficient (Wildman–Crippen LogP) is 2.09. The first-order chi connectivity index (χ1) is 8.79. The molecule has 0 atom stereocenters. The molecule has 0 N–H and O–H groups in total. The van der Waals surface area contributed by atoms with Crippen molar-refractivity contribution in [2.45, 2.75) is 45.9 Å². The van der Waals surface area contributed by atoms with E-state index in [1.54, 1.807) is 16.6 Å². The minimum Gasteiger partial charge on any atom is -0.360 e. The van der Waals surface area contributed by atoms with Crippen LogP contribution >= 0.6 is 0 Å². The molecule has 2 rings (SSSR count). The third kappa shape index (κ3) is 3.06. The maximum atomic E-state index is 11.8. The fourth-order valence-electron chi connectivity index (χ4n) is 2.09. The summed E-state index contributed by atoms with van der Waals surface area (Å²) in [5.41, 5.74) is 2.68. The van der Waals surface area contributed by atoms with Crippen LogP contribution in [0, 0.1) is 6.92 Å². The van der Waals surface area contributed by atoms with E-state index in [0.29, 0.717) is 19.0 Å². The highest BCUT2D eigenvalue weighted by atomic mass is 28.3. The molecule has 0 saturated heterocycles. The molecule has 0 aliphatic carbocycles. The first kappa shape index (κ1) is 14.3. The average molecular weight is 281 g/mol. The number of carbonyl (C=O) groups is 1. The summed E-state index contributed by atoms with van der Waals surface area (Å²) in [6, 6.07) is 1.15. The lowest BCUT2D eigenvalue weighted by molar-refractivity contribution is 0.0731. The molecule has 6 heteroatoms. The number of amides is 1. The lowest BCUT2D eigenvalue weighted by Gasteiger charge is -2.16. The fourth-order valence-corrected chi connectivity index (χ4v) is 2.85. The first-order valence-corrected chi connectivity index (χ1v) is 10.4. The van der Waals surface area contributed by atoms with Gasteiger partial charge in [-0.1, -0.05) is 19.6 Å². The van der Waals surface area contributed by atoms with Crippen LogP contribution in [0.3, 0.4) is 0 Å². The third-order valence-electron chi connectivity index (χ3n) is 3.48. The molecule has 2 heterocycles. The molecule has 0 spiro atoms. The zero-order valence-electron chi connectivity index (χ0n) is 12.5. The van der Waals surface area contributed by atoms with Gasteiger partial charge in [0.25, 0.3) is 5.91 Å². The average Bonchev–Trinajstić information content (AvgIpc) is 2.74. The number of fused-ring (bicyclic) bond motifs is 1. The Hall–Kier alpha value is -1.14. The molecule has 0 aromatic carbocycles. The molecule has 19 heavy (non-hydrogen) atoms. The van der Waals surface area contributed by atoms with E-state index < -0.39 is 8.07 Å². The zero-order chi connectivity index (χ0) is 14.2. The monoisotopic (exact) mass is 281 g/mol. The van der Waals surface area contributed by atoms with Crippen LogP contribution in [0.1, 0.15) is 21.7 Å². The number of rotatable bonds is 5. The Morgan fingerprint density at radius 3 is 2.63 bits per heavy atom. The standard InChI is InChI=1S/C13H23N3O2Si/c1-10-11-8-15(2)13(17)12(11)14-16(10)9-18-6-7-19(3,4)5/h6-9H2,1-5H3. The van der Waals surface area contributed by atoms with Gasteiger partial charge < -0.3 is 9.64 Å². The molecule has 1 aromatic rings. The van der Waals surface area contributed by atoms with Crippen LogP contribution in [0.5, 0.6) is 0 Å². The predicted molar refractivity (Wildman–Crippen MR) is 76.9 cm³/mol. The molecule has 5 nitrogen and oxygen atoms in total. The number of aromatic nitrogens is 2. The topological polar surface area (TPSA) is 47.4 Å². The highest BCUT2D eigenvalue weighted by Crippen LogP contribution is 2.23. The van der Waals surface area contributed by atoms with E-state index in [-0.39, 0.29) is 5.91 Å². The van der Waals surface area contributed by atoms with Crippen molar-refractivity contribution in [3.63, 3.8) is 0 Å². The van der Waals surface area contributed by atoms with E-state index in [9.17, 15) is 4.79 Å². The summed E-state index contributed by atoms with van der Waals surface area (Å²) in [4.78, 5) is 13.5. The van der Waals surface area contributed by atoms with Gasteiger partial charge in [-0.25, -0.2) is 4.68 Å². The molecule has 0 saturated carbocycles. The highest BCUT2D eigenvalue weighted by molar-refractivity contribution is 6.76. The molecule has 1 amide bonds. The van der Waals surface area contributed by atoms with Crippen molar-refractivity contribution in [3.8, 4) is 0 Å². The number of carbonyl (C=O) groups excluding carboxylic acids is 1. The van der Waals surface area contributed by atoms with Crippen molar-refractivity contribution >= 4 is 14.0 Å². The summed E-state index contributed by atoms with van der Waals surface area (Å²) in [5, 5.41) is 4.37. The van der Waals surface area contributed by atoms with Crippen LogP contribution in [-0.4, -0.2) is 42.3 Å². The molecule has 0 bridgehead atoms. The van der Waals surface area contributed by atoms with Gasteiger partial charge in [-0.3, -0.25) is 4.79 Å². The van der Waals surface area contributed by atoms with E-state index in [1.165, 1.54) is 0 Å². The van der Waals surface area contributed by atoms with Crippen molar-refractivity contribution < 1.29 is 9.53 Å². The first-order valence-electron chi connectivity index (χ1n) is 6.69. The van der Waals surface area contributed by atoms with Gasteiger partial charge in [0.05, 0.1) is 0 Å². The maximum absolute atomic E-state index is 11.8. The molecule has 1 aliphatic heterocycles. The molecular weight excluding hydrogens is 258 g/mol. The van der Waals surface area contributed by atoms with E-state index in [1.807, 2.05) is 6.92 Å². The second-order valence-corrected chi connectivity index (χ2v) is 12.0. The van der Waals surface area contributed by atoms with Crippen molar-refractivity contribution in [2.24, 2.45) is 0 Å². The van der Waals surface area contributed by atoms with Crippen LogP contribution < -0.4 is 0 Å². The second kappa shape index (κ2) is 5.09. The van der Waals surface area contributed by atoms with Crippen molar-refractivity contribution in [1.82, 2.24) is 14.7 Å². The molecule has 1 aromatic heterocycles. The van der Waals surface area contributed by atoms with Crippen LogP contribution in [0.15, 0.2) is 0 Å². The number of hydrogen-bond donors (Lipinski definition) is 0. The van der Waals surface area contributed by atoms with Gasteiger partial charge in [0.15, 0.2) is 5.69 Å². The Bertz CT molecular complexity index is 491. The molecule has 0 fully saturated rings. The summed E-state index contributed by atoms with van der Waals surface area (Å²) < 4.78 is 7.49. The maximum Gasteiger partial charge on any atom is 0.274 e. The van der Waals surface area contributed by atoms with E-state index in [0.717, 1.165) is 23.9 Å². The largest absolute Gasteiger partial charge is 0.360 e. The highest BCUT2D eigenvalue weighted by Gasteiger charge is 2.30. The molecular formula is C13H23N3O2Si. The van der Waals surface area contributed by atoms with Gasteiger partial charge in [-0.2, -0.15) is 5.10 Å². The van der Waals surface area contributed by atoms with E-state index in [4.69, 9.17) is 4.74 Å². The lowest BCUT2D eigenvalue weighted by Crippen LogP contribution is -2.23. The van der Waals surface area contributed by atoms with E-state index >= 15 is 0 Å². The number of ether oxygens (including phenoxy) is 1. The Labute approximate surface area is 115 Å². The van der Waals surface area contributed by atoms with Gasteiger partial charge in [0, 0.05) is 39.5 Å². The van der Waals surface area contributed by atoms with Crippen molar-refractivity contribution in [3.05, 3.63) is 17.0 Å². The summed E-state index contributed by atoms with van der Waals surface area (Å²) in [7, 11) is 0.758. The zero-order valence-corrected chi connectivity index (χ0v) is 13.5. The molecule has 0 radical (unpaired) electrons. The van der Waals surface area contributed by atoms with Gasteiger partial charge in [0.2, 0.25) is 0 Å². The smallest absolute Gasteiger partial charge is 0.274 e. The van der Waals surface area contributed by atoms with Gasteiger partial charge in [0.1, 0.15) is 6.73 Å². The van der Waals surface area contributed by atoms with Gasteiger partial charge in [-0.15, -0.1) is 0 Å². The fraction of sp³-hybridized carbons (Fsp3) is 0.692. The number of nitrogens with zero attached hydrogens (tertiary/aromatic N) is 3. The minimum atomic E-state index is -1.05. The van der Waals surface area contributed by atoms with Crippen LogP contribution in [0.4, 0.5) is 0 Å². The Morgan fingerprint density at radius 1 is 1.37 bits per heavy atom. The second-order valence-electron chi connectivity index (χ2n) is 6.42. The Balaban J connectivity index is 1.95. The molecule has 1 aliphatic rings. The van der Waals surface area contributed by atoms with Crippen molar-refractivity contribution in [2.75, 3.05) is 13.7 Å². The minimum absolute atomic E-state index is 0.0129. The lowest BCUT2D eigenvalue weighted by atomic mass is 10.2. The number of hydrogen-bond acceptors (Lipinski definition) is 3. The van der Waals surface area contributed by atoms with Crippen molar-refractivity contribution in [1.29, 1.82) is 0 Å². The van der Waals surface area contributed by atoms with E-state index in [2.05, 4.69) is 24.7 Å². The normalized spacial score (nSPS) is 15.2. The SMILES string of the molecule is Cc1c2c(nn1COCC[Si](C)(C)C)C(=O)N(C)C2. The van der Waals surface area contributed by atoms with Crippen LogP contribution in [-0.2, 0) is 18.0 Å². The summed E-state index contributed by atoms with van der Waals surface area (Å²) >= 11 is 0. The summed E-state index contributed by atoms with van der Waals surface area (Å²) in [5.74, 6) is 0.0129. The molecule has 0 unspecified atom stereocenters. The van der Waals surface area contributed by atoms with Crippen LogP contribution in [0.2, 0.25) is 25.7 Å². The molecule has 106 valence electrons. The van der Waals surface area contributed by atoms with Gasteiger partial charge in [-0.05, 0) is 13.0 Å². The van der Waals surface area contributed by atoms with Gasteiger partial charge >= 0.3 is 0 Å². The quantitative estimate of drug-likeness (QED) is 0.613. The Kier molecular flexibility index (Phi) is 3.82. The Morgan fingerprint density at radius 2 is 2.05 bits per heavy atom.